The minimum atomic E-state index is -0.958. The van der Waals surface area contributed by atoms with E-state index in [2.05, 4.69) is 19.1 Å². The van der Waals surface area contributed by atoms with Crippen LogP contribution in [0.5, 0.6) is 0 Å². The molecule has 0 spiro atoms. The highest BCUT2D eigenvalue weighted by atomic mass is 32.1. The number of thiophene rings is 1. The Bertz CT molecular complexity index is 562. The van der Waals surface area contributed by atoms with Crippen LogP contribution in [0.2, 0.25) is 0 Å². The lowest BCUT2D eigenvalue weighted by atomic mass is 10.1. The second kappa shape index (κ2) is 5.33. The summed E-state index contributed by atoms with van der Waals surface area (Å²) < 4.78 is 0. The molecule has 0 aliphatic heterocycles. The van der Waals surface area contributed by atoms with Crippen LogP contribution in [0.1, 0.15) is 10.4 Å². The minimum Gasteiger partial charge on any atom is -0.480 e. The molecule has 18 heavy (non-hydrogen) atoms. The molecule has 0 radical (unpaired) electrons. The number of carboxylic acid groups (broad SMARTS) is 1. The number of rotatable bonds is 4. The zero-order valence-electron chi connectivity index (χ0n) is 10.1. The van der Waals surface area contributed by atoms with Gasteiger partial charge in [0.15, 0.2) is 0 Å². The highest BCUT2D eigenvalue weighted by molar-refractivity contribution is 7.15. The van der Waals surface area contributed by atoms with E-state index in [1.165, 1.54) is 11.1 Å². The van der Waals surface area contributed by atoms with Gasteiger partial charge in [0, 0.05) is 16.2 Å². The van der Waals surface area contributed by atoms with Gasteiger partial charge in [-0.1, -0.05) is 24.3 Å². The Morgan fingerprint density at radius 1 is 1.33 bits per heavy atom. The van der Waals surface area contributed by atoms with Crippen molar-refractivity contribution in [2.45, 2.75) is 19.4 Å². The molecule has 0 fully saturated rings. The first-order valence-corrected chi connectivity index (χ1v) is 6.52. The summed E-state index contributed by atoms with van der Waals surface area (Å²) in [7, 11) is 0. The van der Waals surface area contributed by atoms with Crippen LogP contribution in [0, 0.1) is 6.92 Å². The van der Waals surface area contributed by atoms with Crippen molar-refractivity contribution in [1.82, 2.24) is 0 Å². The van der Waals surface area contributed by atoms with Gasteiger partial charge >= 0.3 is 5.97 Å². The quantitative estimate of drug-likeness (QED) is 0.889. The second-order valence-electron chi connectivity index (χ2n) is 4.23. The predicted molar refractivity (Wildman–Crippen MR) is 73.8 cm³/mol. The van der Waals surface area contributed by atoms with Crippen molar-refractivity contribution < 1.29 is 9.90 Å². The summed E-state index contributed by atoms with van der Waals surface area (Å²) in [6.07, 6.45) is 0.381. The molecule has 1 aromatic heterocycles. The molecule has 1 unspecified atom stereocenters. The van der Waals surface area contributed by atoms with Crippen LogP contribution in [-0.4, -0.2) is 17.1 Å². The highest BCUT2D eigenvalue weighted by Gasteiger charge is 2.14. The predicted octanol–water partition coefficient (Wildman–Crippen LogP) is 2.68. The largest absolute Gasteiger partial charge is 0.480 e. The van der Waals surface area contributed by atoms with E-state index in [0.29, 0.717) is 6.42 Å². The number of carboxylic acids is 1. The summed E-state index contributed by atoms with van der Waals surface area (Å²) in [5.41, 5.74) is 7.94. The Hall–Kier alpha value is -1.65. The third-order valence-electron chi connectivity index (χ3n) is 2.81. The number of aryl methyl sites for hydroxylation is 1. The lowest BCUT2D eigenvalue weighted by Gasteiger charge is -2.04. The van der Waals surface area contributed by atoms with Gasteiger partial charge in [0.25, 0.3) is 0 Å². The number of carbonyl (C=O) groups is 1. The van der Waals surface area contributed by atoms with E-state index in [9.17, 15) is 4.79 Å². The first-order valence-electron chi connectivity index (χ1n) is 5.71. The number of nitrogens with two attached hydrogens (primary N) is 1. The van der Waals surface area contributed by atoms with Crippen LogP contribution >= 0.6 is 11.3 Å². The summed E-state index contributed by atoms with van der Waals surface area (Å²) in [4.78, 5) is 12.9. The zero-order valence-corrected chi connectivity index (χ0v) is 10.9. The molecule has 0 aliphatic rings. The lowest BCUT2D eigenvalue weighted by molar-refractivity contribution is -0.138. The van der Waals surface area contributed by atoms with E-state index in [-0.39, 0.29) is 0 Å². The van der Waals surface area contributed by atoms with Crippen molar-refractivity contribution in [3.05, 3.63) is 46.8 Å². The first kappa shape index (κ1) is 12.8. The number of benzene rings is 1. The van der Waals surface area contributed by atoms with Crippen molar-refractivity contribution in [2.24, 2.45) is 5.73 Å². The molecule has 1 aromatic carbocycles. The molecule has 0 bridgehead atoms. The Morgan fingerprint density at radius 2 is 2.06 bits per heavy atom. The van der Waals surface area contributed by atoms with E-state index in [1.807, 2.05) is 24.3 Å². The van der Waals surface area contributed by atoms with Crippen molar-refractivity contribution in [1.29, 1.82) is 0 Å². The van der Waals surface area contributed by atoms with Gasteiger partial charge in [-0.05, 0) is 30.2 Å². The van der Waals surface area contributed by atoms with E-state index < -0.39 is 12.0 Å². The maximum absolute atomic E-state index is 10.7. The van der Waals surface area contributed by atoms with E-state index >= 15 is 0 Å². The molecule has 0 saturated carbocycles. The SMILES string of the molecule is Cc1ccccc1-c1ccc(CC(N)C(=O)O)s1. The smallest absolute Gasteiger partial charge is 0.320 e. The molecule has 3 nitrogen and oxygen atoms in total. The minimum absolute atomic E-state index is 0.381. The van der Waals surface area contributed by atoms with Gasteiger partial charge in [0.1, 0.15) is 6.04 Å². The second-order valence-corrected chi connectivity index (χ2v) is 5.40. The van der Waals surface area contributed by atoms with Crippen LogP contribution in [0.15, 0.2) is 36.4 Å². The van der Waals surface area contributed by atoms with Gasteiger partial charge in [-0.25, -0.2) is 0 Å². The van der Waals surface area contributed by atoms with Crippen molar-refractivity contribution >= 4 is 17.3 Å². The third kappa shape index (κ3) is 2.78. The summed E-state index contributed by atoms with van der Waals surface area (Å²) in [6.45, 7) is 2.07. The Balaban J connectivity index is 2.21. The first-order chi connectivity index (χ1) is 8.58. The molecule has 1 heterocycles. The van der Waals surface area contributed by atoms with Gasteiger partial charge in [0.2, 0.25) is 0 Å². The molecule has 94 valence electrons. The highest BCUT2D eigenvalue weighted by Crippen LogP contribution is 2.30. The maximum Gasteiger partial charge on any atom is 0.320 e. The molecule has 0 aliphatic carbocycles. The summed E-state index contributed by atoms with van der Waals surface area (Å²) in [6, 6.07) is 11.3. The summed E-state index contributed by atoms with van der Waals surface area (Å²) in [5.74, 6) is -0.958. The Labute approximate surface area is 110 Å². The van der Waals surface area contributed by atoms with Gasteiger partial charge in [-0.3, -0.25) is 4.79 Å². The number of hydrogen-bond donors (Lipinski definition) is 2. The Morgan fingerprint density at radius 3 is 2.72 bits per heavy atom. The van der Waals surface area contributed by atoms with Crippen LogP contribution in [-0.2, 0) is 11.2 Å². The molecule has 4 heteroatoms. The van der Waals surface area contributed by atoms with Crippen molar-refractivity contribution in [3.63, 3.8) is 0 Å². The standard InChI is InChI=1S/C14H15NO2S/c1-9-4-2-3-5-11(9)13-7-6-10(18-13)8-12(15)14(16)17/h2-7,12H,8,15H2,1H3,(H,16,17). The summed E-state index contributed by atoms with van der Waals surface area (Å²) in [5, 5.41) is 8.79. The van der Waals surface area contributed by atoms with E-state index in [0.717, 1.165) is 9.75 Å². The fraction of sp³-hybridized carbons (Fsp3) is 0.214. The molecular weight excluding hydrogens is 246 g/mol. The van der Waals surface area contributed by atoms with Crippen LogP contribution < -0.4 is 5.73 Å². The number of hydrogen-bond acceptors (Lipinski definition) is 3. The normalized spacial score (nSPS) is 12.3. The lowest BCUT2D eigenvalue weighted by Crippen LogP contribution is -2.31. The van der Waals surface area contributed by atoms with Gasteiger partial charge in [0.05, 0.1) is 0 Å². The van der Waals surface area contributed by atoms with Gasteiger partial charge in [-0.15, -0.1) is 11.3 Å². The Kier molecular flexibility index (Phi) is 3.79. The molecular formula is C14H15NO2S. The van der Waals surface area contributed by atoms with Crippen LogP contribution in [0.3, 0.4) is 0 Å². The average Bonchev–Trinajstić information content (AvgIpc) is 2.77. The van der Waals surface area contributed by atoms with Crippen LogP contribution in [0.4, 0.5) is 0 Å². The third-order valence-corrected chi connectivity index (χ3v) is 3.95. The zero-order chi connectivity index (χ0) is 13.1. The van der Waals surface area contributed by atoms with Crippen LogP contribution in [0.25, 0.3) is 10.4 Å². The van der Waals surface area contributed by atoms with Gasteiger partial charge < -0.3 is 10.8 Å². The monoisotopic (exact) mass is 261 g/mol. The van der Waals surface area contributed by atoms with Crippen molar-refractivity contribution in [2.75, 3.05) is 0 Å². The molecule has 3 N–H and O–H groups in total. The summed E-state index contributed by atoms with van der Waals surface area (Å²) >= 11 is 1.60. The molecule has 1 atom stereocenters. The van der Waals surface area contributed by atoms with E-state index in [1.54, 1.807) is 11.3 Å². The maximum atomic E-state index is 10.7. The molecule has 0 amide bonds. The number of aliphatic carboxylic acids is 1. The fourth-order valence-electron chi connectivity index (χ4n) is 1.79. The molecule has 2 rings (SSSR count). The molecule has 2 aromatic rings. The molecule has 0 saturated heterocycles. The van der Waals surface area contributed by atoms with Gasteiger partial charge in [-0.2, -0.15) is 0 Å². The van der Waals surface area contributed by atoms with Crippen molar-refractivity contribution in [3.8, 4) is 10.4 Å². The van der Waals surface area contributed by atoms with E-state index in [4.69, 9.17) is 10.8 Å². The topological polar surface area (TPSA) is 63.3 Å². The fourth-order valence-corrected chi connectivity index (χ4v) is 2.94. The average molecular weight is 261 g/mol.